The van der Waals surface area contributed by atoms with Gasteiger partial charge in [-0.05, 0) is 44.2 Å². The second-order valence-corrected chi connectivity index (χ2v) is 6.32. The van der Waals surface area contributed by atoms with Crippen molar-refractivity contribution in [3.05, 3.63) is 64.1 Å². The third kappa shape index (κ3) is 3.42. The van der Waals surface area contributed by atoms with E-state index in [9.17, 15) is 9.59 Å². The fraction of sp³-hybridized carbons (Fsp3) is 0.263. The first-order chi connectivity index (χ1) is 12.0. The maximum Gasteiger partial charge on any atom is 0.292 e. The van der Waals surface area contributed by atoms with Gasteiger partial charge in [-0.1, -0.05) is 36.4 Å². The van der Waals surface area contributed by atoms with Crippen molar-refractivity contribution in [1.29, 1.82) is 0 Å². The Morgan fingerprint density at radius 3 is 2.80 bits per heavy atom. The summed E-state index contributed by atoms with van der Waals surface area (Å²) >= 11 is 0. The smallest absolute Gasteiger partial charge is 0.267 e. The van der Waals surface area contributed by atoms with Crippen LogP contribution in [0.1, 0.15) is 37.2 Å². The topological polar surface area (TPSA) is 87.2 Å². The van der Waals surface area contributed by atoms with Crippen molar-refractivity contribution < 1.29 is 4.79 Å². The lowest BCUT2D eigenvalue weighted by atomic mass is 9.85. The number of hydrogen-bond acceptors (Lipinski definition) is 4. The van der Waals surface area contributed by atoms with Crippen LogP contribution in [0.2, 0.25) is 0 Å². The standard InChI is InChI=1S/C19H20N4O2/c1-11(2)13-9-8-12(3)16(10-13)20-23-19(25)17-14-6-4-5-7-15(14)18(24)22-21-17/h4-8,13H,1,9-10H2,2-3H3,(H,22,24)(H,23,25)/t13-/m1/s1. The van der Waals surface area contributed by atoms with Crippen molar-refractivity contribution in [2.75, 3.05) is 0 Å². The second-order valence-electron chi connectivity index (χ2n) is 6.32. The first-order valence-electron chi connectivity index (χ1n) is 8.14. The van der Waals surface area contributed by atoms with E-state index in [-0.39, 0.29) is 11.3 Å². The molecule has 1 aliphatic rings. The van der Waals surface area contributed by atoms with Crippen LogP contribution in [0.3, 0.4) is 0 Å². The molecule has 1 amide bonds. The number of carbonyl (C=O) groups is 1. The minimum absolute atomic E-state index is 0.147. The van der Waals surface area contributed by atoms with E-state index in [0.29, 0.717) is 16.7 Å². The molecule has 0 saturated heterocycles. The van der Waals surface area contributed by atoms with Crippen molar-refractivity contribution in [3.63, 3.8) is 0 Å². The average molecular weight is 336 g/mol. The van der Waals surface area contributed by atoms with Gasteiger partial charge < -0.3 is 0 Å². The van der Waals surface area contributed by atoms with Crippen molar-refractivity contribution >= 4 is 22.4 Å². The molecule has 2 N–H and O–H groups in total. The minimum atomic E-state index is -0.454. The molecular formula is C19H20N4O2. The van der Waals surface area contributed by atoms with Gasteiger partial charge in [-0.15, -0.1) is 0 Å². The molecule has 0 saturated carbocycles. The van der Waals surface area contributed by atoms with E-state index in [1.807, 2.05) is 13.8 Å². The third-order valence-corrected chi connectivity index (χ3v) is 4.50. The molecule has 1 atom stereocenters. The number of hydrazone groups is 1. The number of fused-ring (bicyclic) bond motifs is 1. The van der Waals surface area contributed by atoms with Gasteiger partial charge in [0, 0.05) is 5.39 Å². The Bertz CT molecular complexity index is 969. The zero-order valence-corrected chi connectivity index (χ0v) is 14.3. The van der Waals surface area contributed by atoms with E-state index in [2.05, 4.69) is 33.4 Å². The summed E-state index contributed by atoms with van der Waals surface area (Å²) in [5.41, 5.74) is 5.38. The summed E-state index contributed by atoms with van der Waals surface area (Å²) in [5.74, 6) is -0.114. The van der Waals surface area contributed by atoms with Crippen LogP contribution in [0, 0.1) is 5.92 Å². The number of benzene rings is 1. The summed E-state index contributed by atoms with van der Waals surface area (Å²) in [7, 11) is 0. The number of aromatic nitrogens is 2. The summed E-state index contributed by atoms with van der Waals surface area (Å²) in [6.07, 6.45) is 3.81. The zero-order chi connectivity index (χ0) is 18.0. The molecule has 1 aliphatic carbocycles. The third-order valence-electron chi connectivity index (χ3n) is 4.50. The molecule has 0 aliphatic heterocycles. The van der Waals surface area contributed by atoms with Gasteiger partial charge >= 0.3 is 0 Å². The lowest BCUT2D eigenvalue weighted by molar-refractivity contribution is 0.0950. The van der Waals surface area contributed by atoms with Gasteiger partial charge in [0.05, 0.1) is 11.1 Å². The second kappa shape index (κ2) is 6.84. The Morgan fingerprint density at radius 1 is 1.36 bits per heavy atom. The highest BCUT2D eigenvalue weighted by Crippen LogP contribution is 2.26. The van der Waals surface area contributed by atoms with Crippen LogP contribution in [0.25, 0.3) is 10.8 Å². The van der Waals surface area contributed by atoms with Gasteiger partial charge in [0.1, 0.15) is 0 Å². The van der Waals surface area contributed by atoms with E-state index >= 15 is 0 Å². The fourth-order valence-electron chi connectivity index (χ4n) is 2.88. The van der Waals surface area contributed by atoms with E-state index in [4.69, 9.17) is 0 Å². The molecule has 0 spiro atoms. The van der Waals surface area contributed by atoms with Crippen LogP contribution in [-0.4, -0.2) is 21.8 Å². The van der Waals surface area contributed by atoms with Crippen LogP contribution in [0.4, 0.5) is 0 Å². The Balaban J connectivity index is 1.87. The van der Waals surface area contributed by atoms with E-state index in [0.717, 1.165) is 29.7 Å². The highest BCUT2D eigenvalue weighted by atomic mass is 16.2. The zero-order valence-electron chi connectivity index (χ0n) is 14.3. The molecule has 1 aromatic carbocycles. The minimum Gasteiger partial charge on any atom is -0.267 e. The van der Waals surface area contributed by atoms with Gasteiger partial charge in [-0.3, -0.25) is 9.59 Å². The van der Waals surface area contributed by atoms with E-state index in [1.165, 1.54) is 0 Å². The van der Waals surface area contributed by atoms with Gasteiger partial charge in [0.25, 0.3) is 11.5 Å². The summed E-state index contributed by atoms with van der Waals surface area (Å²) in [5, 5.41) is 11.4. The molecule has 2 aromatic rings. The molecule has 3 rings (SSSR count). The molecule has 0 bridgehead atoms. The predicted octanol–water partition coefficient (Wildman–Crippen LogP) is 2.94. The Hall–Kier alpha value is -3.02. The maximum absolute atomic E-state index is 12.5. The first kappa shape index (κ1) is 16.8. The Morgan fingerprint density at radius 2 is 2.08 bits per heavy atom. The average Bonchev–Trinajstić information content (AvgIpc) is 2.61. The Labute approximate surface area is 145 Å². The molecule has 1 aromatic heterocycles. The van der Waals surface area contributed by atoms with E-state index in [1.54, 1.807) is 24.3 Å². The van der Waals surface area contributed by atoms with Crippen LogP contribution in [0.15, 0.2) is 58.0 Å². The van der Waals surface area contributed by atoms with Crippen LogP contribution >= 0.6 is 0 Å². The highest BCUT2D eigenvalue weighted by Gasteiger charge is 2.19. The van der Waals surface area contributed by atoms with Gasteiger partial charge in [-0.25, -0.2) is 10.5 Å². The molecule has 6 heteroatoms. The molecule has 1 heterocycles. The molecule has 128 valence electrons. The fourth-order valence-corrected chi connectivity index (χ4v) is 2.88. The number of nitrogens with one attached hydrogen (secondary N) is 2. The SMILES string of the molecule is C=C(C)[C@@H]1CC=C(C)C(=NNC(=O)c2n[nH]c(=O)c3ccccc23)C1. The summed E-state index contributed by atoms with van der Waals surface area (Å²) in [4.78, 5) is 24.3. The number of rotatable bonds is 3. The monoisotopic (exact) mass is 336 g/mol. The lowest BCUT2D eigenvalue weighted by Crippen LogP contribution is -2.25. The van der Waals surface area contributed by atoms with Gasteiger partial charge in [-0.2, -0.15) is 10.2 Å². The van der Waals surface area contributed by atoms with Crippen molar-refractivity contribution in [2.24, 2.45) is 11.0 Å². The lowest BCUT2D eigenvalue weighted by Gasteiger charge is -2.22. The van der Waals surface area contributed by atoms with Gasteiger partial charge in [0.2, 0.25) is 0 Å². The van der Waals surface area contributed by atoms with Crippen molar-refractivity contribution in [3.8, 4) is 0 Å². The maximum atomic E-state index is 12.5. The molecule has 0 fully saturated rings. The molecule has 6 nitrogen and oxygen atoms in total. The van der Waals surface area contributed by atoms with Crippen LogP contribution in [0.5, 0.6) is 0 Å². The number of amides is 1. The van der Waals surface area contributed by atoms with Crippen LogP contribution < -0.4 is 11.0 Å². The number of H-pyrrole nitrogens is 1. The molecule has 25 heavy (non-hydrogen) atoms. The molecular weight excluding hydrogens is 316 g/mol. The van der Waals surface area contributed by atoms with Crippen LogP contribution in [-0.2, 0) is 0 Å². The normalized spacial score (nSPS) is 18.9. The first-order valence-corrected chi connectivity index (χ1v) is 8.14. The highest BCUT2D eigenvalue weighted by molar-refractivity contribution is 6.06. The molecule has 0 radical (unpaired) electrons. The number of carbonyl (C=O) groups excluding carboxylic acids is 1. The number of allylic oxidation sites excluding steroid dienone is 3. The quantitative estimate of drug-likeness (QED) is 0.667. The molecule has 0 unspecified atom stereocenters. The van der Waals surface area contributed by atoms with Crippen molar-refractivity contribution in [2.45, 2.75) is 26.7 Å². The van der Waals surface area contributed by atoms with E-state index < -0.39 is 5.91 Å². The van der Waals surface area contributed by atoms with Gasteiger partial charge in [0.15, 0.2) is 5.69 Å². The Kier molecular flexibility index (Phi) is 4.61. The predicted molar refractivity (Wildman–Crippen MR) is 98.6 cm³/mol. The number of nitrogens with zero attached hydrogens (tertiary/aromatic N) is 2. The summed E-state index contributed by atoms with van der Waals surface area (Å²) < 4.78 is 0. The van der Waals surface area contributed by atoms with Crippen molar-refractivity contribution in [1.82, 2.24) is 15.6 Å². The summed E-state index contributed by atoms with van der Waals surface area (Å²) in [6, 6.07) is 6.86. The number of aromatic amines is 1. The number of hydrogen-bond donors (Lipinski definition) is 2. The largest absolute Gasteiger partial charge is 0.292 e. The summed E-state index contributed by atoms with van der Waals surface area (Å²) in [6.45, 7) is 7.99.